The van der Waals surface area contributed by atoms with E-state index in [1.807, 2.05) is 13.0 Å². The third-order valence-corrected chi connectivity index (χ3v) is 2.49. The van der Waals surface area contributed by atoms with Crippen LogP contribution in [-0.4, -0.2) is 27.6 Å². The molecule has 2 N–H and O–H groups in total. The highest BCUT2D eigenvalue weighted by atomic mass is 16.1. The lowest BCUT2D eigenvalue weighted by atomic mass is 10.2. The highest BCUT2D eigenvalue weighted by molar-refractivity contribution is 5.99. The number of carbonyl (C=O) groups is 1. The molecule has 2 aromatic rings. The second kappa shape index (κ2) is 6.44. The second-order valence-corrected chi connectivity index (χ2v) is 3.85. The van der Waals surface area contributed by atoms with Gasteiger partial charge in [0.2, 0.25) is 0 Å². The van der Waals surface area contributed by atoms with Gasteiger partial charge in [0.15, 0.2) is 0 Å². The van der Waals surface area contributed by atoms with E-state index in [9.17, 15) is 4.79 Å². The predicted molar refractivity (Wildman–Crippen MR) is 71.6 cm³/mol. The van der Waals surface area contributed by atoms with Crippen molar-refractivity contribution in [1.29, 1.82) is 0 Å². The summed E-state index contributed by atoms with van der Waals surface area (Å²) in [6.45, 7) is 3.05. The minimum absolute atomic E-state index is 0.163. The Kier molecular flexibility index (Phi) is 4.39. The Hall–Kier alpha value is -2.50. The number of aromatic nitrogens is 3. The fourth-order valence-electron chi connectivity index (χ4n) is 1.62. The molecule has 2 heterocycles. The number of rotatable bonds is 5. The van der Waals surface area contributed by atoms with E-state index in [2.05, 4.69) is 25.8 Å². The lowest BCUT2D eigenvalue weighted by molar-refractivity contribution is 0.0951. The summed E-state index contributed by atoms with van der Waals surface area (Å²) in [6, 6.07) is 5.28. The van der Waals surface area contributed by atoms with Gasteiger partial charge >= 0.3 is 0 Å². The highest BCUT2D eigenvalue weighted by Crippen LogP contribution is 2.12. The number of hydrogen-bond acceptors (Lipinski definition) is 5. The number of hydrogen-bond donors (Lipinski definition) is 2. The second-order valence-electron chi connectivity index (χ2n) is 3.85. The molecule has 0 bridgehead atoms. The Balaban J connectivity index is 2.04. The van der Waals surface area contributed by atoms with E-state index in [4.69, 9.17) is 0 Å². The Morgan fingerprint density at radius 2 is 2.21 bits per heavy atom. The lowest BCUT2D eigenvalue weighted by Crippen LogP contribution is -2.24. The molecule has 98 valence electrons. The van der Waals surface area contributed by atoms with E-state index in [0.717, 1.165) is 17.9 Å². The van der Waals surface area contributed by atoms with Gasteiger partial charge in [-0.1, -0.05) is 0 Å². The van der Waals surface area contributed by atoms with Crippen LogP contribution in [0, 0.1) is 0 Å². The van der Waals surface area contributed by atoms with E-state index in [1.54, 1.807) is 30.7 Å². The topological polar surface area (TPSA) is 79.8 Å². The fraction of sp³-hybridized carbons (Fsp3) is 0.231. The third-order valence-electron chi connectivity index (χ3n) is 2.49. The maximum absolute atomic E-state index is 12.1. The summed E-state index contributed by atoms with van der Waals surface area (Å²) in [4.78, 5) is 16.1. The minimum atomic E-state index is -0.163. The van der Waals surface area contributed by atoms with Crippen LogP contribution >= 0.6 is 0 Å². The molecule has 0 saturated heterocycles. The lowest BCUT2D eigenvalue weighted by Gasteiger charge is -2.09. The van der Waals surface area contributed by atoms with Crippen molar-refractivity contribution in [2.24, 2.45) is 0 Å². The first-order valence-corrected chi connectivity index (χ1v) is 6.04. The molecule has 0 atom stereocenters. The average molecular weight is 257 g/mol. The summed E-state index contributed by atoms with van der Waals surface area (Å²) in [7, 11) is 0. The van der Waals surface area contributed by atoms with Crippen molar-refractivity contribution in [1.82, 2.24) is 20.5 Å². The molecule has 19 heavy (non-hydrogen) atoms. The molecule has 2 aromatic heterocycles. The number of amides is 1. The van der Waals surface area contributed by atoms with Crippen LogP contribution in [0.5, 0.6) is 0 Å². The number of anilines is 1. The number of nitrogens with zero attached hydrogens (tertiary/aromatic N) is 3. The van der Waals surface area contributed by atoms with Crippen LogP contribution in [-0.2, 0) is 6.54 Å². The van der Waals surface area contributed by atoms with E-state index < -0.39 is 0 Å². The Morgan fingerprint density at radius 1 is 1.32 bits per heavy atom. The Bertz CT molecular complexity index is 544. The van der Waals surface area contributed by atoms with Gasteiger partial charge in [0.25, 0.3) is 5.91 Å². The molecular weight excluding hydrogens is 242 g/mol. The van der Waals surface area contributed by atoms with Gasteiger partial charge in [-0.15, -0.1) is 0 Å². The van der Waals surface area contributed by atoms with E-state index in [1.165, 1.54) is 0 Å². The largest absolute Gasteiger partial charge is 0.383 e. The van der Waals surface area contributed by atoms with E-state index in [-0.39, 0.29) is 5.91 Å². The zero-order chi connectivity index (χ0) is 13.5. The smallest absolute Gasteiger partial charge is 0.253 e. The molecule has 2 rings (SSSR count). The van der Waals surface area contributed by atoms with Gasteiger partial charge in [0.1, 0.15) is 0 Å². The molecule has 0 saturated carbocycles. The standard InChI is InChI=1S/C13H15N5O/c1-2-15-12-9-14-7-5-11(12)13(19)16-8-10-4-3-6-17-18-10/h3-7,9,15H,2,8H2,1H3,(H,16,19). The van der Waals surface area contributed by atoms with Gasteiger partial charge in [-0.05, 0) is 25.1 Å². The SMILES string of the molecule is CCNc1cnccc1C(=O)NCc1cccnn1. The monoisotopic (exact) mass is 257 g/mol. The molecular formula is C13H15N5O. The molecule has 0 unspecified atom stereocenters. The minimum Gasteiger partial charge on any atom is -0.383 e. The predicted octanol–water partition coefficient (Wildman–Crippen LogP) is 1.23. The van der Waals surface area contributed by atoms with Crippen LogP contribution in [0.2, 0.25) is 0 Å². The van der Waals surface area contributed by atoms with Crippen molar-refractivity contribution >= 4 is 11.6 Å². The van der Waals surface area contributed by atoms with Crippen LogP contribution in [0.1, 0.15) is 23.0 Å². The summed E-state index contributed by atoms with van der Waals surface area (Å²) >= 11 is 0. The summed E-state index contributed by atoms with van der Waals surface area (Å²) in [5.74, 6) is -0.163. The van der Waals surface area contributed by atoms with Crippen LogP contribution < -0.4 is 10.6 Å². The molecule has 0 aliphatic carbocycles. The molecule has 0 aliphatic heterocycles. The first-order chi connectivity index (χ1) is 9.31. The first kappa shape index (κ1) is 12.9. The van der Waals surface area contributed by atoms with Gasteiger partial charge < -0.3 is 10.6 Å². The van der Waals surface area contributed by atoms with Crippen molar-refractivity contribution < 1.29 is 4.79 Å². The maximum atomic E-state index is 12.1. The molecule has 0 fully saturated rings. The molecule has 0 aromatic carbocycles. The van der Waals surface area contributed by atoms with E-state index >= 15 is 0 Å². The zero-order valence-corrected chi connectivity index (χ0v) is 10.6. The average Bonchev–Trinajstić information content (AvgIpc) is 2.47. The van der Waals surface area contributed by atoms with Gasteiger partial charge in [-0.3, -0.25) is 9.78 Å². The van der Waals surface area contributed by atoms with Crippen LogP contribution in [0.15, 0.2) is 36.8 Å². The van der Waals surface area contributed by atoms with Crippen molar-refractivity contribution in [3.63, 3.8) is 0 Å². The Labute approximate surface area is 111 Å². The number of pyridine rings is 1. The van der Waals surface area contributed by atoms with Crippen molar-refractivity contribution in [3.05, 3.63) is 48.0 Å². The summed E-state index contributed by atoms with van der Waals surface area (Å²) in [6.07, 6.45) is 4.83. The highest BCUT2D eigenvalue weighted by Gasteiger charge is 2.10. The summed E-state index contributed by atoms with van der Waals surface area (Å²) in [5.41, 5.74) is 2.01. The number of nitrogens with one attached hydrogen (secondary N) is 2. The molecule has 6 nitrogen and oxygen atoms in total. The van der Waals surface area contributed by atoms with Gasteiger partial charge in [-0.25, -0.2) is 0 Å². The fourth-order valence-corrected chi connectivity index (χ4v) is 1.62. The van der Waals surface area contributed by atoms with Gasteiger partial charge in [-0.2, -0.15) is 10.2 Å². The van der Waals surface area contributed by atoms with Crippen molar-refractivity contribution in [2.45, 2.75) is 13.5 Å². The Morgan fingerprint density at radius 3 is 2.95 bits per heavy atom. The van der Waals surface area contributed by atoms with Gasteiger partial charge in [0, 0.05) is 18.9 Å². The molecule has 0 radical (unpaired) electrons. The van der Waals surface area contributed by atoms with E-state index in [0.29, 0.717) is 12.1 Å². The van der Waals surface area contributed by atoms with Crippen molar-refractivity contribution in [3.8, 4) is 0 Å². The number of carbonyl (C=O) groups excluding carboxylic acids is 1. The van der Waals surface area contributed by atoms with Crippen molar-refractivity contribution in [2.75, 3.05) is 11.9 Å². The zero-order valence-electron chi connectivity index (χ0n) is 10.6. The quantitative estimate of drug-likeness (QED) is 0.842. The van der Waals surface area contributed by atoms with Crippen LogP contribution in [0.25, 0.3) is 0 Å². The maximum Gasteiger partial charge on any atom is 0.253 e. The summed E-state index contributed by atoms with van der Waals surface area (Å²) < 4.78 is 0. The third kappa shape index (κ3) is 3.48. The molecule has 6 heteroatoms. The molecule has 0 spiro atoms. The van der Waals surface area contributed by atoms with Crippen LogP contribution in [0.3, 0.4) is 0 Å². The van der Waals surface area contributed by atoms with Crippen LogP contribution in [0.4, 0.5) is 5.69 Å². The van der Waals surface area contributed by atoms with Gasteiger partial charge in [0.05, 0.1) is 29.7 Å². The molecule has 0 aliphatic rings. The first-order valence-electron chi connectivity index (χ1n) is 6.04. The molecule has 1 amide bonds. The normalized spacial score (nSPS) is 9.95. The summed E-state index contributed by atoms with van der Waals surface area (Å²) in [5, 5.41) is 13.6.